The molecule has 0 aromatic heterocycles. The topological polar surface area (TPSA) is 29.3 Å². The third-order valence-electron chi connectivity index (χ3n) is 4.06. The zero-order valence-corrected chi connectivity index (χ0v) is 10.1. The van der Waals surface area contributed by atoms with E-state index in [0.29, 0.717) is 5.54 Å². The van der Waals surface area contributed by atoms with Crippen LogP contribution >= 0.6 is 11.8 Å². The Hall–Kier alpha value is 0.270. The van der Waals surface area contributed by atoms with Crippen LogP contribution < -0.4 is 5.73 Å². The lowest BCUT2D eigenvalue weighted by atomic mass is 9.97. The van der Waals surface area contributed by atoms with Crippen LogP contribution in [0.15, 0.2) is 0 Å². The molecule has 0 bridgehead atoms. The fourth-order valence-corrected chi connectivity index (χ4v) is 3.94. The van der Waals surface area contributed by atoms with Gasteiger partial charge in [0.25, 0.3) is 0 Å². The van der Waals surface area contributed by atoms with Crippen LogP contribution in [0.1, 0.15) is 19.8 Å². The van der Waals surface area contributed by atoms with Crippen LogP contribution in [0.3, 0.4) is 0 Å². The predicted molar refractivity (Wildman–Crippen MR) is 63.6 cm³/mol. The molecule has 0 aromatic carbocycles. The van der Waals surface area contributed by atoms with Crippen molar-refractivity contribution in [2.75, 3.05) is 31.6 Å². The molecular weight excluding hydrogens is 192 g/mol. The summed E-state index contributed by atoms with van der Waals surface area (Å²) >= 11 is 2.06. The molecule has 2 aliphatic rings. The van der Waals surface area contributed by atoms with Gasteiger partial charge in [-0.15, -0.1) is 0 Å². The van der Waals surface area contributed by atoms with Gasteiger partial charge in [0.2, 0.25) is 0 Å². The molecule has 82 valence electrons. The van der Waals surface area contributed by atoms with Gasteiger partial charge in [0.15, 0.2) is 0 Å². The Bertz CT molecular complexity index is 201. The third kappa shape index (κ3) is 1.95. The van der Waals surface area contributed by atoms with Gasteiger partial charge >= 0.3 is 0 Å². The van der Waals surface area contributed by atoms with Crippen molar-refractivity contribution in [3.63, 3.8) is 0 Å². The SMILES string of the molecule is CC1CC1CN(C)C1(CN)CCSC1. The lowest BCUT2D eigenvalue weighted by molar-refractivity contribution is 0.143. The van der Waals surface area contributed by atoms with E-state index in [1.54, 1.807) is 0 Å². The molecule has 0 spiro atoms. The molecule has 1 saturated carbocycles. The summed E-state index contributed by atoms with van der Waals surface area (Å²) in [6.45, 7) is 4.45. The van der Waals surface area contributed by atoms with E-state index in [9.17, 15) is 0 Å². The van der Waals surface area contributed by atoms with E-state index in [1.165, 1.54) is 30.9 Å². The standard InChI is InChI=1S/C11H22N2S/c1-9-5-10(9)6-13(2)11(7-12)3-4-14-8-11/h9-10H,3-8,12H2,1-2H3. The molecule has 2 rings (SSSR count). The highest BCUT2D eigenvalue weighted by molar-refractivity contribution is 7.99. The summed E-state index contributed by atoms with van der Waals surface area (Å²) in [7, 11) is 2.27. The quantitative estimate of drug-likeness (QED) is 0.767. The third-order valence-corrected chi connectivity index (χ3v) is 5.29. The number of nitrogens with two attached hydrogens (primary N) is 1. The van der Waals surface area contributed by atoms with Crippen molar-refractivity contribution in [1.29, 1.82) is 0 Å². The highest BCUT2D eigenvalue weighted by atomic mass is 32.2. The summed E-state index contributed by atoms with van der Waals surface area (Å²) in [6, 6.07) is 0. The molecule has 0 aromatic rings. The fourth-order valence-electron chi connectivity index (χ4n) is 2.41. The maximum absolute atomic E-state index is 5.95. The molecule has 3 heteroatoms. The number of likely N-dealkylation sites (N-methyl/N-ethyl adjacent to an activating group) is 1. The Balaban J connectivity index is 1.90. The van der Waals surface area contributed by atoms with E-state index < -0.39 is 0 Å². The van der Waals surface area contributed by atoms with Crippen molar-refractivity contribution in [3.8, 4) is 0 Å². The summed E-state index contributed by atoms with van der Waals surface area (Å²) in [5, 5.41) is 0. The molecule has 3 unspecified atom stereocenters. The Morgan fingerprint density at radius 2 is 2.29 bits per heavy atom. The van der Waals surface area contributed by atoms with E-state index in [-0.39, 0.29) is 0 Å². The zero-order valence-electron chi connectivity index (χ0n) is 9.33. The molecule has 2 N–H and O–H groups in total. The number of hydrogen-bond acceptors (Lipinski definition) is 3. The average molecular weight is 214 g/mol. The molecule has 0 amide bonds. The molecule has 2 fully saturated rings. The van der Waals surface area contributed by atoms with Gasteiger partial charge in [-0.1, -0.05) is 6.92 Å². The van der Waals surface area contributed by atoms with Crippen LogP contribution in [0, 0.1) is 11.8 Å². The first-order valence-electron chi connectivity index (χ1n) is 5.67. The van der Waals surface area contributed by atoms with E-state index in [2.05, 4.69) is 30.6 Å². The van der Waals surface area contributed by atoms with E-state index in [4.69, 9.17) is 5.73 Å². The first-order valence-corrected chi connectivity index (χ1v) is 6.82. The number of rotatable bonds is 4. The van der Waals surface area contributed by atoms with Gasteiger partial charge in [0.05, 0.1) is 0 Å². The summed E-state index contributed by atoms with van der Waals surface area (Å²) in [5.41, 5.74) is 6.27. The van der Waals surface area contributed by atoms with Crippen molar-refractivity contribution >= 4 is 11.8 Å². The summed E-state index contributed by atoms with van der Waals surface area (Å²) in [6.07, 6.45) is 2.71. The second-order valence-electron chi connectivity index (χ2n) is 5.08. The molecule has 3 atom stereocenters. The van der Waals surface area contributed by atoms with E-state index >= 15 is 0 Å². The summed E-state index contributed by atoms with van der Waals surface area (Å²) in [5.74, 6) is 4.44. The van der Waals surface area contributed by atoms with Crippen molar-refractivity contribution in [2.45, 2.75) is 25.3 Å². The number of hydrogen-bond donors (Lipinski definition) is 1. The maximum Gasteiger partial charge on any atom is 0.0426 e. The van der Waals surface area contributed by atoms with Gasteiger partial charge in [-0.2, -0.15) is 11.8 Å². The minimum atomic E-state index is 0.326. The van der Waals surface area contributed by atoms with Crippen molar-refractivity contribution in [1.82, 2.24) is 4.90 Å². The summed E-state index contributed by atoms with van der Waals surface area (Å²) in [4.78, 5) is 2.54. The Labute approximate surface area is 91.6 Å². The van der Waals surface area contributed by atoms with Crippen molar-refractivity contribution in [3.05, 3.63) is 0 Å². The monoisotopic (exact) mass is 214 g/mol. The fraction of sp³-hybridized carbons (Fsp3) is 1.00. The smallest absolute Gasteiger partial charge is 0.0426 e. The molecule has 2 nitrogen and oxygen atoms in total. The number of nitrogens with zero attached hydrogens (tertiary/aromatic N) is 1. The van der Waals surface area contributed by atoms with Crippen LogP contribution in [0.5, 0.6) is 0 Å². The van der Waals surface area contributed by atoms with Gasteiger partial charge in [-0.05, 0) is 37.5 Å². The Morgan fingerprint density at radius 3 is 2.71 bits per heavy atom. The normalized spacial score (nSPS) is 42.0. The van der Waals surface area contributed by atoms with Gasteiger partial charge in [-0.3, -0.25) is 4.90 Å². The first-order chi connectivity index (χ1) is 6.68. The molecule has 1 aliphatic heterocycles. The largest absolute Gasteiger partial charge is 0.329 e. The van der Waals surface area contributed by atoms with Gasteiger partial charge in [0.1, 0.15) is 0 Å². The van der Waals surface area contributed by atoms with Crippen LogP contribution in [0.4, 0.5) is 0 Å². The Kier molecular flexibility index (Phi) is 3.10. The van der Waals surface area contributed by atoms with Crippen LogP contribution in [0.2, 0.25) is 0 Å². The van der Waals surface area contributed by atoms with Gasteiger partial charge in [0, 0.05) is 24.4 Å². The second-order valence-corrected chi connectivity index (χ2v) is 6.19. The van der Waals surface area contributed by atoms with E-state index in [0.717, 1.165) is 18.4 Å². The predicted octanol–water partition coefficient (Wildman–Crippen LogP) is 1.41. The molecule has 1 heterocycles. The number of thioether (sulfide) groups is 1. The van der Waals surface area contributed by atoms with Crippen LogP contribution in [-0.2, 0) is 0 Å². The lowest BCUT2D eigenvalue weighted by Crippen LogP contribution is -2.53. The molecule has 1 aliphatic carbocycles. The highest BCUT2D eigenvalue weighted by Crippen LogP contribution is 2.40. The van der Waals surface area contributed by atoms with Gasteiger partial charge < -0.3 is 5.73 Å². The zero-order chi connectivity index (χ0) is 10.2. The first kappa shape index (κ1) is 10.8. The lowest BCUT2D eigenvalue weighted by Gasteiger charge is -2.37. The summed E-state index contributed by atoms with van der Waals surface area (Å²) < 4.78 is 0. The van der Waals surface area contributed by atoms with Crippen molar-refractivity contribution < 1.29 is 0 Å². The second kappa shape index (κ2) is 4.03. The molecule has 1 saturated heterocycles. The highest BCUT2D eigenvalue weighted by Gasteiger charge is 2.41. The Morgan fingerprint density at radius 1 is 1.57 bits per heavy atom. The molecule has 0 radical (unpaired) electrons. The van der Waals surface area contributed by atoms with Crippen LogP contribution in [-0.4, -0.2) is 42.1 Å². The maximum atomic E-state index is 5.95. The molecular formula is C11H22N2S. The minimum absolute atomic E-state index is 0.326. The molecule has 14 heavy (non-hydrogen) atoms. The van der Waals surface area contributed by atoms with Crippen molar-refractivity contribution in [2.24, 2.45) is 17.6 Å². The van der Waals surface area contributed by atoms with Gasteiger partial charge in [-0.25, -0.2) is 0 Å². The van der Waals surface area contributed by atoms with Crippen LogP contribution in [0.25, 0.3) is 0 Å². The average Bonchev–Trinajstić information content (AvgIpc) is 2.73. The minimum Gasteiger partial charge on any atom is -0.329 e. The van der Waals surface area contributed by atoms with E-state index in [1.807, 2.05) is 0 Å².